The molecule has 2 aromatic carbocycles. The van der Waals surface area contributed by atoms with Gasteiger partial charge in [0.2, 0.25) is 27.8 Å². The van der Waals surface area contributed by atoms with Gasteiger partial charge < -0.3 is 15.6 Å². The van der Waals surface area contributed by atoms with E-state index in [1.165, 1.54) is 4.31 Å². The third-order valence-corrected chi connectivity index (χ3v) is 13.0. The van der Waals surface area contributed by atoms with E-state index in [4.69, 9.17) is 4.98 Å². The fraction of sp³-hybridized carbons (Fsp3) is 0.341. The van der Waals surface area contributed by atoms with Gasteiger partial charge in [0.15, 0.2) is 0 Å². The molecule has 1 unspecified atom stereocenters. The summed E-state index contributed by atoms with van der Waals surface area (Å²) in [5, 5.41) is 23.2. The van der Waals surface area contributed by atoms with E-state index in [-0.39, 0.29) is 49.6 Å². The summed E-state index contributed by atoms with van der Waals surface area (Å²) in [7, 11) is -3.40. The number of amides is 5. The first-order chi connectivity index (χ1) is 28.9. The summed E-state index contributed by atoms with van der Waals surface area (Å²) in [5.41, 5.74) is 3.44. The van der Waals surface area contributed by atoms with Gasteiger partial charge in [0.05, 0.1) is 41.3 Å². The number of nitrogens with one attached hydrogen (secondary N) is 4. The molecule has 0 radical (unpaired) electrons. The summed E-state index contributed by atoms with van der Waals surface area (Å²) in [6.07, 6.45) is 8.10. The van der Waals surface area contributed by atoms with Crippen LogP contribution in [0.15, 0.2) is 67.1 Å². The van der Waals surface area contributed by atoms with Gasteiger partial charge in [-0.15, -0.1) is 0 Å². The molecule has 18 nitrogen and oxygen atoms in total. The molecule has 0 bridgehead atoms. The summed E-state index contributed by atoms with van der Waals surface area (Å²) >= 11 is 0. The zero-order chi connectivity index (χ0) is 42.2. The number of unbranched alkanes of at least 4 members (excludes halogenated alkanes) is 2. The molecule has 3 aliphatic rings. The van der Waals surface area contributed by atoms with Crippen LogP contribution in [0.3, 0.4) is 0 Å². The Balaban J connectivity index is 0.843. The van der Waals surface area contributed by atoms with Gasteiger partial charge in [-0.3, -0.25) is 38.9 Å². The number of carbonyl (C=O) groups is 5. The lowest BCUT2D eigenvalue weighted by atomic mass is 9.89. The lowest BCUT2D eigenvalue weighted by Gasteiger charge is -2.47. The van der Waals surface area contributed by atoms with E-state index in [2.05, 4.69) is 37.1 Å². The first-order valence-corrected chi connectivity index (χ1v) is 21.3. The summed E-state index contributed by atoms with van der Waals surface area (Å²) in [6, 6.07) is 15.0. The molecule has 2 fully saturated rings. The third-order valence-electron chi connectivity index (χ3n) is 11.2. The number of aryl methyl sites for hydroxylation is 1. The quantitative estimate of drug-likeness (QED) is 0.0877. The van der Waals surface area contributed by atoms with Crippen molar-refractivity contribution >= 4 is 62.2 Å². The minimum Gasteiger partial charge on any atom is -0.352 e. The summed E-state index contributed by atoms with van der Waals surface area (Å²) in [6.45, 7) is 2.34. The number of rotatable bonds is 15. The first-order valence-electron chi connectivity index (χ1n) is 19.7. The summed E-state index contributed by atoms with van der Waals surface area (Å²) in [5.74, 6) is -2.08. The molecule has 5 amide bonds. The second-order valence-electron chi connectivity index (χ2n) is 15.1. The average Bonchev–Trinajstić information content (AvgIpc) is 3.97. The maximum atomic E-state index is 13.4. The molecule has 1 atom stereocenters. The van der Waals surface area contributed by atoms with Crippen LogP contribution in [0.25, 0.3) is 22.3 Å². The topological polar surface area (TPSA) is 245 Å². The van der Waals surface area contributed by atoms with Crippen molar-refractivity contribution in [3.63, 3.8) is 0 Å². The van der Waals surface area contributed by atoms with E-state index in [0.29, 0.717) is 65.5 Å². The van der Waals surface area contributed by atoms with Gasteiger partial charge >= 0.3 is 0 Å². The van der Waals surface area contributed by atoms with Gasteiger partial charge in [0, 0.05) is 60.6 Å². The van der Waals surface area contributed by atoms with Crippen LogP contribution in [0.1, 0.15) is 82.1 Å². The van der Waals surface area contributed by atoms with E-state index in [1.807, 2.05) is 6.07 Å². The Kier molecular flexibility index (Phi) is 10.7. The molecule has 3 aromatic heterocycles. The Bertz CT molecular complexity index is 2700. The minimum atomic E-state index is -3.40. The fourth-order valence-corrected chi connectivity index (χ4v) is 9.18. The molecule has 19 heteroatoms. The number of anilines is 2. The summed E-state index contributed by atoms with van der Waals surface area (Å²) < 4.78 is 27.9. The second kappa shape index (κ2) is 16.1. The van der Waals surface area contributed by atoms with Crippen LogP contribution < -0.4 is 16.0 Å². The largest absolute Gasteiger partial charge is 0.352 e. The molecular formula is C41H41N11O7S. The number of fused-ring (bicyclic) bond motifs is 2. The normalized spacial score (nSPS) is 17.6. The highest BCUT2D eigenvalue weighted by Crippen LogP contribution is 2.36. The molecular weight excluding hydrogens is 791 g/mol. The molecule has 8 rings (SSSR count). The van der Waals surface area contributed by atoms with Crippen molar-refractivity contribution in [1.82, 2.24) is 44.6 Å². The highest BCUT2D eigenvalue weighted by molar-refractivity contribution is 7.89. The minimum absolute atomic E-state index is 0.0195. The Labute approximate surface area is 344 Å². The molecule has 4 N–H and O–H groups in total. The zero-order valence-electron chi connectivity index (χ0n) is 32.6. The number of carbonyl (C=O) groups excluding carboxylic acids is 5. The number of benzene rings is 2. The monoisotopic (exact) mass is 831 g/mol. The third kappa shape index (κ3) is 7.50. The van der Waals surface area contributed by atoms with E-state index < -0.39 is 45.2 Å². The van der Waals surface area contributed by atoms with Crippen molar-refractivity contribution in [3.05, 3.63) is 89.4 Å². The van der Waals surface area contributed by atoms with Gasteiger partial charge in [0.25, 0.3) is 17.7 Å². The number of hydrogen-bond donors (Lipinski definition) is 4. The highest BCUT2D eigenvalue weighted by atomic mass is 32.2. The summed E-state index contributed by atoms with van der Waals surface area (Å²) in [4.78, 5) is 77.0. The van der Waals surface area contributed by atoms with Crippen LogP contribution in [0.4, 0.5) is 11.6 Å². The van der Waals surface area contributed by atoms with Crippen molar-refractivity contribution in [2.45, 2.75) is 63.5 Å². The number of nitriles is 1. The van der Waals surface area contributed by atoms with Crippen molar-refractivity contribution < 1.29 is 32.4 Å². The molecule has 5 aromatic rings. The number of piperidine rings is 1. The van der Waals surface area contributed by atoms with Gasteiger partial charge in [-0.1, -0.05) is 18.6 Å². The number of aromatic nitrogens is 5. The van der Waals surface area contributed by atoms with Gasteiger partial charge in [-0.2, -0.15) is 19.6 Å². The second-order valence-corrected chi connectivity index (χ2v) is 17.4. The SMILES string of the molecule is CCS(=O)(=O)N1CC(CC#N)(n2cc(-c3nc(Nc4ccc(C(=O)NCCCCCc5cccc6c5C(=O)N(C5CCC(=O)NC5=O)C6=O)cc4)nc4[nH]ccc34)cn2)C1. The molecule has 308 valence electrons. The van der Waals surface area contributed by atoms with Crippen molar-refractivity contribution in [2.24, 2.45) is 0 Å². The van der Waals surface area contributed by atoms with E-state index >= 15 is 0 Å². The van der Waals surface area contributed by atoms with E-state index in [9.17, 15) is 37.7 Å². The van der Waals surface area contributed by atoms with Crippen LogP contribution in [0, 0.1) is 11.3 Å². The molecule has 0 aliphatic carbocycles. The van der Waals surface area contributed by atoms with Crippen LogP contribution in [0.2, 0.25) is 0 Å². The van der Waals surface area contributed by atoms with Gasteiger partial charge in [-0.25, -0.2) is 13.4 Å². The zero-order valence-corrected chi connectivity index (χ0v) is 33.4. The van der Waals surface area contributed by atoms with Crippen molar-refractivity contribution in [3.8, 4) is 17.3 Å². The Hall–Kier alpha value is -6.78. The number of aromatic amines is 1. The number of sulfonamides is 1. The molecule has 0 spiro atoms. The molecule has 0 saturated carbocycles. The van der Waals surface area contributed by atoms with Crippen LogP contribution >= 0.6 is 0 Å². The fourth-order valence-electron chi connectivity index (χ4n) is 7.94. The molecule has 6 heterocycles. The van der Waals surface area contributed by atoms with Crippen LogP contribution in [-0.2, 0) is 31.6 Å². The van der Waals surface area contributed by atoms with Gasteiger partial charge in [-0.05, 0) is 74.6 Å². The van der Waals surface area contributed by atoms with Gasteiger partial charge in [0.1, 0.15) is 17.2 Å². The van der Waals surface area contributed by atoms with Crippen LogP contribution in [-0.4, -0.2) is 103 Å². The number of H-pyrrole nitrogens is 1. The lowest BCUT2D eigenvalue weighted by Crippen LogP contribution is -2.64. The number of nitrogens with zero attached hydrogens (tertiary/aromatic N) is 7. The maximum absolute atomic E-state index is 13.4. The molecule has 60 heavy (non-hydrogen) atoms. The molecule has 3 aliphatic heterocycles. The van der Waals surface area contributed by atoms with Crippen molar-refractivity contribution in [2.75, 3.05) is 30.7 Å². The highest BCUT2D eigenvalue weighted by Gasteiger charge is 2.50. The average molecular weight is 832 g/mol. The number of imide groups is 2. The standard InChI is InChI=1S/C41H41N11O7S/c1-2-60(58,59)50-23-41(24-50,17-18-42)51-22-27(21-45-51)34-30-16-20-43-35(30)49-40(48-34)46-28-12-10-26(11-13-28)36(54)44-19-5-3-4-7-25-8-6-9-29-33(25)39(57)52(38(29)56)31-14-15-32(53)47-37(31)55/h6,8-13,16,20-22,31H,2-5,7,14-15,17,19,23-24H2,1H3,(H,44,54)(H,47,53,55)(H2,43,46,48,49). The smallest absolute Gasteiger partial charge is 0.262 e. The molecule has 2 saturated heterocycles. The van der Waals surface area contributed by atoms with E-state index in [0.717, 1.165) is 22.3 Å². The Morgan fingerprint density at radius 3 is 2.57 bits per heavy atom. The Morgan fingerprint density at radius 2 is 1.82 bits per heavy atom. The van der Waals surface area contributed by atoms with E-state index in [1.54, 1.807) is 72.7 Å². The Morgan fingerprint density at radius 1 is 1.02 bits per heavy atom. The first kappa shape index (κ1) is 40.0. The lowest BCUT2D eigenvalue weighted by molar-refractivity contribution is -0.136. The number of hydrogen-bond acceptors (Lipinski definition) is 12. The van der Waals surface area contributed by atoms with Crippen LogP contribution in [0.5, 0.6) is 0 Å². The predicted molar refractivity (Wildman–Crippen MR) is 217 cm³/mol. The maximum Gasteiger partial charge on any atom is 0.262 e. The van der Waals surface area contributed by atoms with Crippen molar-refractivity contribution in [1.29, 1.82) is 5.26 Å². The predicted octanol–water partition coefficient (Wildman–Crippen LogP) is 3.38.